The molecule has 158 valence electrons. The Kier molecular flexibility index (Phi) is 7.82. The molecule has 3 aromatic carbocycles. The van der Waals surface area contributed by atoms with Crippen molar-refractivity contribution in [3.63, 3.8) is 0 Å². The lowest BCUT2D eigenvalue weighted by Crippen LogP contribution is -2.39. The Bertz CT molecular complexity index is 917. The van der Waals surface area contributed by atoms with E-state index in [0.717, 1.165) is 26.2 Å². The zero-order valence-electron chi connectivity index (χ0n) is 17.9. The molecule has 1 unspecified atom stereocenters. The van der Waals surface area contributed by atoms with Crippen molar-refractivity contribution >= 4 is 22.7 Å². The summed E-state index contributed by atoms with van der Waals surface area (Å²) in [5.74, 6) is 0.701. The minimum Gasteiger partial charge on any atom is -0.383 e. The number of rotatable bonds is 9. The van der Waals surface area contributed by atoms with Gasteiger partial charge < -0.3 is 4.74 Å². The highest BCUT2D eigenvalue weighted by Crippen LogP contribution is 2.29. The van der Waals surface area contributed by atoms with E-state index in [0.29, 0.717) is 5.92 Å². The van der Waals surface area contributed by atoms with E-state index in [1.807, 2.05) is 11.9 Å². The van der Waals surface area contributed by atoms with E-state index in [-0.39, 0.29) is 0 Å². The molecule has 3 nitrogen and oxygen atoms in total. The smallest absolute Gasteiger partial charge is 0.0599 e. The third kappa shape index (κ3) is 6.08. The zero-order valence-corrected chi connectivity index (χ0v) is 18.7. The third-order valence-electron chi connectivity index (χ3n) is 5.81. The van der Waals surface area contributed by atoms with Gasteiger partial charge in [0.25, 0.3) is 0 Å². The molecule has 0 saturated carbocycles. The molecule has 1 saturated heterocycles. The van der Waals surface area contributed by atoms with Gasteiger partial charge in [0.1, 0.15) is 0 Å². The molecule has 1 aliphatic rings. The zero-order chi connectivity index (χ0) is 20.6. The molecule has 0 N–H and O–H groups in total. The van der Waals surface area contributed by atoms with Gasteiger partial charge >= 0.3 is 0 Å². The number of piperidine rings is 1. The van der Waals surface area contributed by atoms with Gasteiger partial charge in [-0.3, -0.25) is 4.90 Å². The Hall–Kier alpha value is -1.85. The van der Waals surface area contributed by atoms with Gasteiger partial charge in [-0.15, -0.1) is 0 Å². The molecular weight excluding hydrogens is 388 g/mol. The second-order valence-corrected chi connectivity index (χ2v) is 9.38. The van der Waals surface area contributed by atoms with Crippen molar-refractivity contribution in [2.45, 2.75) is 24.3 Å². The highest BCUT2D eigenvalue weighted by molar-refractivity contribution is 7.97. The molecule has 0 spiro atoms. The molecule has 1 fully saturated rings. The van der Waals surface area contributed by atoms with Crippen molar-refractivity contribution in [3.05, 3.63) is 78.4 Å². The summed E-state index contributed by atoms with van der Waals surface area (Å²) < 4.78 is 7.91. The molecular formula is C26H32N2OS. The Morgan fingerprint density at radius 3 is 2.63 bits per heavy atom. The maximum absolute atomic E-state index is 5.40. The number of likely N-dealkylation sites (tertiary alicyclic amines) is 1. The first-order chi connectivity index (χ1) is 14.8. The summed E-state index contributed by atoms with van der Waals surface area (Å²) in [5.41, 5.74) is 1.42. The fourth-order valence-corrected chi connectivity index (χ4v) is 5.37. The van der Waals surface area contributed by atoms with E-state index in [2.05, 4.69) is 82.0 Å². The predicted molar refractivity (Wildman–Crippen MR) is 128 cm³/mol. The lowest BCUT2D eigenvalue weighted by molar-refractivity contribution is 0.139. The van der Waals surface area contributed by atoms with Gasteiger partial charge in [-0.2, -0.15) is 0 Å². The fraction of sp³-hybridized carbons (Fsp3) is 0.385. The van der Waals surface area contributed by atoms with Crippen LogP contribution >= 0.6 is 11.9 Å². The van der Waals surface area contributed by atoms with E-state index in [4.69, 9.17) is 4.74 Å². The molecule has 1 atom stereocenters. The van der Waals surface area contributed by atoms with Crippen LogP contribution in [0.15, 0.2) is 77.7 Å². The second-order valence-electron chi connectivity index (χ2n) is 8.21. The molecule has 4 rings (SSSR count). The number of nitrogens with zero attached hydrogens (tertiary/aromatic N) is 2. The molecule has 4 heteroatoms. The van der Waals surface area contributed by atoms with Crippen LogP contribution in [-0.4, -0.2) is 49.1 Å². The van der Waals surface area contributed by atoms with Gasteiger partial charge in [0, 0.05) is 38.2 Å². The van der Waals surface area contributed by atoms with Gasteiger partial charge in [0.15, 0.2) is 0 Å². The SMILES string of the molecule is COCCN(CC1CCCN(Cc2ccccc2)C1)Sc1ccc2ccccc2c1. The molecule has 0 amide bonds. The Labute approximate surface area is 185 Å². The largest absolute Gasteiger partial charge is 0.383 e. The van der Waals surface area contributed by atoms with Crippen LogP contribution in [0.1, 0.15) is 18.4 Å². The average Bonchev–Trinajstić information content (AvgIpc) is 2.78. The number of methoxy groups -OCH3 is 1. The summed E-state index contributed by atoms with van der Waals surface area (Å²) >= 11 is 1.88. The minimum atomic E-state index is 0.701. The van der Waals surface area contributed by atoms with Crippen LogP contribution in [-0.2, 0) is 11.3 Å². The Morgan fingerprint density at radius 1 is 1.00 bits per heavy atom. The van der Waals surface area contributed by atoms with Crippen LogP contribution < -0.4 is 0 Å². The normalized spacial score (nSPS) is 17.6. The lowest BCUT2D eigenvalue weighted by atomic mass is 9.97. The maximum Gasteiger partial charge on any atom is 0.0599 e. The van der Waals surface area contributed by atoms with Crippen LogP contribution in [0.3, 0.4) is 0 Å². The topological polar surface area (TPSA) is 15.7 Å². The first-order valence-electron chi connectivity index (χ1n) is 11.0. The monoisotopic (exact) mass is 420 g/mol. The molecule has 3 aromatic rings. The average molecular weight is 421 g/mol. The molecule has 1 aliphatic heterocycles. The Balaban J connectivity index is 1.38. The summed E-state index contributed by atoms with van der Waals surface area (Å²) in [6, 6.07) is 26.2. The quantitative estimate of drug-likeness (QED) is 0.412. The van der Waals surface area contributed by atoms with Crippen molar-refractivity contribution in [2.24, 2.45) is 5.92 Å². The third-order valence-corrected chi connectivity index (χ3v) is 6.87. The van der Waals surface area contributed by atoms with Gasteiger partial charge in [0.05, 0.1) is 6.61 Å². The van der Waals surface area contributed by atoms with Crippen LogP contribution in [0.2, 0.25) is 0 Å². The van der Waals surface area contributed by atoms with Crippen molar-refractivity contribution in [1.29, 1.82) is 0 Å². The van der Waals surface area contributed by atoms with Crippen molar-refractivity contribution in [2.75, 3.05) is 39.9 Å². The van der Waals surface area contributed by atoms with Gasteiger partial charge in [-0.1, -0.05) is 60.7 Å². The van der Waals surface area contributed by atoms with E-state index in [1.165, 1.54) is 47.2 Å². The van der Waals surface area contributed by atoms with E-state index in [1.54, 1.807) is 7.11 Å². The second kappa shape index (κ2) is 11.0. The summed E-state index contributed by atoms with van der Waals surface area (Å²) in [7, 11) is 1.79. The minimum absolute atomic E-state index is 0.701. The summed E-state index contributed by atoms with van der Waals surface area (Å²) in [5, 5.41) is 2.61. The maximum atomic E-state index is 5.40. The molecule has 0 bridgehead atoms. The lowest BCUT2D eigenvalue weighted by Gasteiger charge is -2.35. The van der Waals surface area contributed by atoms with E-state index < -0.39 is 0 Å². The highest BCUT2D eigenvalue weighted by Gasteiger charge is 2.23. The summed E-state index contributed by atoms with van der Waals surface area (Å²) in [6.45, 7) is 6.27. The number of benzene rings is 3. The first kappa shape index (κ1) is 21.4. The Morgan fingerprint density at radius 2 is 1.80 bits per heavy atom. The summed E-state index contributed by atoms with van der Waals surface area (Å²) in [6.07, 6.45) is 2.60. The number of fused-ring (bicyclic) bond motifs is 1. The highest BCUT2D eigenvalue weighted by atomic mass is 32.2. The molecule has 0 aliphatic carbocycles. The van der Waals surface area contributed by atoms with Crippen molar-refractivity contribution in [3.8, 4) is 0 Å². The predicted octanol–water partition coefficient (Wildman–Crippen LogP) is 5.71. The van der Waals surface area contributed by atoms with E-state index >= 15 is 0 Å². The van der Waals surface area contributed by atoms with E-state index in [9.17, 15) is 0 Å². The number of hydrogen-bond acceptors (Lipinski definition) is 4. The molecule has 0 radical (unpaired) electrons. The van der Waals surface area contributed by atoms with Gasteiger partial charge in [0.2, 0.25) is 0 Å². The molecule has 0 aromatic heterocycles. The molecule has 30 heavy (non-hydrogen) atoms. The van der Waals surface area contributed by atoms with Gasteiger partial charge in [-0.25, -0.2) is 4.31 Å². The van der Waals surface area contributed by atoms with Crippen LogP contribution in [0, 0.1) is 5.92 Å². The first-order valence-corrected chi connectivity index (χ1v) is 11.7. The standard InChI is InChI=1S/C26H32N2OS/c1-29-17-16-28(30-26-14-13-24-11-5-6-12-25(24)18-26)21-23-10-7-15-27(20-23)19-22-8-3-2-4-9-22/h2-6,8-9,11-14,18,23H,7,10,15-17,19-21H2,1H3. The van der Waals surface area contributed by atoms with Crippen LogP contribution in [0.25, 0.3) is 10.8 Å². The van der Waals surface area contributed by atoms with Crippen LogP contribution in [0.5, 0.6) is 0 Å². The number of ether oxygens (including phenoxy) is 1. The fourth-order valence-electron chi connectivity index (χ4n) is 4.31. The number of hydrogen-bond donors (Lipinski definition) is 0. The summed E-state index contributed by atoms with van der Waals surface area (Å²) in [4.78, 5) is 3.93. The van der Waals surface area contributed by atoms with Crippen molar-refractivity contribution < 1.29 is 4.74 Å². The van der Waals surface area contributed by atoms with Crippen LogP contribution in [0.4, 0.5) is 0 Å². The molecule has 1 heterocycles. The van der Waals surface area contributed by atoms with Gasteiger partial charge in [-0.05, 0) is 65.7 Å². The van der Waals surface area contributed by atoms with Crippen molar-refractivity contribution in [1.82, 2.24) is 9.21 Å².